The molecular weight excluding hydrogens is 186 g/mol. The van der Waals surface area contributed by atoms with Gasteiger partial charge >= 0.3 is 5.97 Å². The maximum Gasteiger partial charge on any atom is 0.304 e. The van der Waals surface area contributed by atoms with Crippen LogP contribution in [-0.2, 0) is 11.2 Å². The largest absolute Gasteiger partial charge is 0.481 e. The van der Waals surface area contributed by atoms with Crippen molar-refractivity contribution in [2.75, 3.05) is 0 Å². The second-order valence-corrected chi connectivity index (χ2v) is 3.54. The van der Waals surface area contributed by atoms with Crippen molar-refractivity contribution in [3.63, 3.8) is 0 Å². The van der Waals surface area contributed by atoms with Gasteiger partial charge in [0.25, 0.3) is 0 Å². The van der Waals surface area contributed by atoms with Crippen molar-refractivity contribution in [3.05, 3.63) is 30.1 Å². The van der Waals surface area contributed by atoms with Crippen LogP contribution in [0.2, 0.25) is 0 Å². The summed E-state index contributed by atoms with van der Waals surface area (Å²) < 4.78 is 0. The minimum atomic E-state index is -0.811. The lowest BCUT2D eigenvalue weighted by atomic mass is 10.1. The van der Waals surface area contributed by atoms with E-state index >= 15 is 0 Å². The number of aromatic nitrogens is 1. The van der Waals surface area contributed by atoms with E-state index in [1.165, 1.54) is 0 Å². The number of thiol groups is 1. The number of hydrogen-bond donors (Lipinski definition) is 2. The van der Waals surface area contributed by atoms with E-state index in [4.69, 9.17) is 5.11 Å². The number of carbonyl (C=O) groups is 1. The molecule has 0 fully saturated rings. The molecular formula is C9H11NO2S. The predicted molar refractivity (Wildman–Crippen MR) is 53.0 cm³/mol. The molecule has 0 spiro atoms. The highest BCUT2D eigenvalue weighted by Crippen LogP contribution is 2.09. The average Bonchev–Trinajstić information content (AvgIpc) is 2.04. The molecule has 0 aromatic carbocycles. The summed E-state index contributed by atoms with van der Waals surface area (Å²) in [5.41, 5.74) is 1.07. The van der Waals surface area contributed by atoms with Gasteiger partial charge in [0.15, 0.2) is 0 Å². The van der Waals surface area contributed by atoms with Crippen LogP contribution in [0.15, 0.2) is 24.5 Å². The van der Waals surface area contributed by atoms with E-state index in [0.717, 1.165) is 5.56 Å². The van der Waals surface area contributed by atoms with E-state index in [0.29, 0.717) is 6.42 Å². The first kappa shape index (κ1) is 10.1. The fraction of sp³-hybridized carbons (Fsp3) is 0.333. The van der Waals surface area contributed by atoms with Crippen LogP contribution in [0, 0.1) is 0 Å². The molecule has 0 radical (unpaired) electrons. The zero-order chi connectivity index (χ0) is 9.68. The second kappa shape index (κ2) is 4.87. The van der Waals surface area contributed by atoms with Crippen molar-refractivity contribution in [1.29, 1.82) is 0 Å². The van der Waals surface area contributed by atoms with Gasteiger partial charge in [0.05, 0.1) is 6.42 Å². The average molecular weight is 197 g/mol. The third-order valence-electron chi connectivity index (χ3n) is 1.63. The Hall–Kier alpha value is -1.03. The number of pyridine rings is 1. The number of rotatable bonds is 4. The Morgan fingerprint density at radius 2 is 2.15 bits per heavy atom. The molecule has 0 bridgehead atoms. The molecule has 0 amide bonds. The lowest BCUT2D eigenvalue weighted by molar-refractivity contribution is -0.136. The van der Waals surface area contributed by atoms with Crippen molar-refractivity contribution in [1.82, 2.24) is 4.98 Å². The molecule has 3 nitrogen and oxygen atoms in total. The van der Waals surface area contributed by atoms with Crippen LogP contribution in [0.3, 0.4) is 0 Å². The van der Waals surface area contributed by atoms with E-state index < -0.39 is 5.97 Å². The van der Waals surface area contributed by atoms with E-state index in [2.05, 4.69) is 17.6 Å². The lowest BCUT2D eigenvalue weighted by Crippen LogP contribution is -2.10. The molecule has 1 aromatic heterocycles. The monoisotopic (exact) mass is 197 g/mol. The van der Waals surface area contributed by atoms with Gasteiger partial charge in [-0.3, -0.25) is 9.78 Å². The van der Waals surface area contributed by atoms with Crippen molar-refractivity contribution >= 4 is 18.6 Å². The van der Waals surface area contributed by atoms with Gasteiger partial charge in [-0.2, -0.15) is 12.6 Å². The van der Waals surface area contributed by atoms with Gasteiger partial charge < -0.3 is 5.11 Å². The third-order valence-corrected chi connectivity index (χ3v) is 2.00. The van der Waals surface area contributed by atoms with Gasteiger partial charge in [-0.1, -0.05) is 0 Å². The molecule has 0 aliphatic carbocycles. The fourth-order valence-corrected chi connectivity index (χ4v) is 1.43. The van der Waals surface area contributed by atoms with Gasteiger partial charge in [-0.25, -0.2) is 0 Å². The Kier molecular flexibility index (Phi) is 3.76. The van der Waals surface area contributed by atoms with Crippen LogP contribution >= 0.6 is 12.6 Å². The molecule has 0 saturated heterocycles. The molecule has 1 unspecified atom stereocenters. The molecule has 70 valence electrons. The Morgan fingerprint density at radius 1 is 1.54 bits per heavy atom. The highest BCUT2D eigenvalue weighted by atomic mass is 32.1. The Labute approximate surface area is 82.2 Å². The standard InChI is InChI=1S/C9H11NO2S/c11-9(12)6-8(13)5-7-1-3-10-4-2-7/h1-4,8,13H,5-6H2,(H,11,12). The summed E-state index contributed by atoms with van der Waals surface area (Å²) in [4.78, 5) is 14.2. The summed E-state index contributed by atoms with van der Waals surface area (Å²) >= 11 is 4.18. The fourth-order valence-electron chi connectivity index (χ4n) is 1.06. The molecule has 1 rings (SSSR count). The summed E-state index contributed by atoms with van der Waals surface area (Å²) in [7, 11) is 0. The van der Waals surface area contributed by atoms with Gasteiger partial charge in [0.1, 0.15) is 0 Å². The zero-order valence-corrected chi connectivity index (χ0v) is 7.95. The smallest absolute Gasteiger partial charge is 0.304 e. The molecule has 4 heteroatoms. The van der Waals surface area contributed by atoms with Gasteiger partial charge in [0, 0.05) is 17.6 Å². The van der Waals surface area contributed by atoms with Crippen LogP contribution in [-0.4, -0.2) is 21.3 Å². The third kappa shape index (κ3) is 3.94. The molecule has 1 heterocycles. The lowest BCUT2D eigenvalue weighted by Gasteiger charge is -2.06. The second-order valence-electron chi connectivity index (χ2n) is 2.81. The van der Waals surface area contributed by atoms with Gasteiger partial charge in [-0.15, -0.1) is 0 Å². The molecule has 13 heavy (non-hydrogen) atoms. The highest BCUT2D eigenvalue weighted by molar-refractivity contribution is 7.81. The van der Waals surface area contributed by atoms with Crippen LogP contribution in [0.4, 0.5) is 0 Å². The predicted octanol–water partition coefficient (Wildman–Crippen LogP) is 1.40. The van der Waals surface area contributed by atoms with Crippen molar-refractivity contribution < 1.29 is 9.90 Å². The Bertz CT molecular complexity index is 276. The number of hydrogen-bond acceptors (Lipinski definition) is 3. The summed E-state index contributed by atoms with van der Waals surface area (Å²) in [6.45, 7) is 0. The molecule has 0 aliphatic heterocycles. The quantitative estimate of drug-likeness (QED) is 0.717. The summed E-state index contributed by atoms with van der Waals surface area (Å²) in [6.07, 6.45) is 4.14. The Balaban J connectivity index is 2.45. The molecule has 0 aliphatic rings. The van der Waals surface area contributed by atoms with E-state index in [1.54, 1.807) is 12.4 Å². The normalized spacial score (nSPS) is 12.4. The molecule has 1 N–H and O–H groups in total. The van der Waals surface area contributed by atoms with Crippen molar-refractivity contribution in [2.45, 2.75) is 18.1 Å². The number of nitrogens with zero attached hydrogens (tertiary/aromatic N) is 1. The maximum atomic E-state index is 10.3. The maximum absolute atomic E-state index is 10.3. The number of carboxylic acids is 1. The van der Waals surface area contributed by atoms with Crippen molar-refractivity contribution in [3.8, 4) is 0 Å². The summed E-state index contributed by atoms with van der Waals surface area (Å²) in [5, 5.41) is 8.38. The van der Waals surface area contributed by atoms with Crippen LogP contribution in [0.5, 0.6) is 0 Å². The Morgan fingerprint density at radius 3 is 2.69 bits per heavy atom. The topological polar surface area (TPSA) is 50.2 Å². The molecule has 0 saturated carbocycles. The first-order chi connectivity index (χ1) is 6.18. The molecule has 1 aromatic rings. The zero-order valence-electron chi connectivity index (χ0n) is 7.05. The van der Waals surface area contributed by atoms with E-state index in [9.17, 15) is 4.79 Å². The van der Waals surface area contributed by atoms with Crippen molar-refractivity contribution in [2.24, 2.45) is 0 Å². The SMILES string of the molecule is O=C(O)CC(S)Cc1ccncc1. The first-order valence-corrected chi connectivity index (χ1v) is 4.49. The van der Waals surface area contributed by atoms with Crippen LogP contribution < -0.4 is 0 Å². The van der Waals surface area contributed by atoms with E-state index in [1.807, 2.05) is 12.1 Å². The van der Waals surface area contributed by atoms with Gasteiger partial charge in [0.2, 0.25) is 0 Å². The van der Waals surface area contributed by atoms with E-state index in [-0.39, 0.29) is 11.7 Å². The van der Waals surface area contributed by atoms with Crippen LogP contribution in [0.1, 0.15) is 12.0 Å². The minimum absolute atomic E-state index is 0.0887. The van der Waals surface area contributed by atoms with Gasteiger partial charge in [-0.05, 0) is 24.1 Å². The highest BCUT2D eigenvalue weighted by Gasteiger charge is 2.08. The molecule has 1 atom stereocenters. The number of carboxylic acid groups (broad SMARTS) is 1. The van der Waals surface area contributed by atoms with Crippen LogP contribution in [0.25, 0.3) is 0 Å². The summed E-state index contributed by atoms with van der Waals surface area (Å²) in [6, 6.07) is 3.73. The number of aliphatic carboxylic acids is 1. The summed E-state index contributed by atoms with van der Waals surface area (Å²) in [5.74, 6) is -0.811. The first-order valence-electron chi connectivity index (χ1n) is 3.97. The minimum Gasteiger partial charge on any atom is -0.481 e.